The quantitative estimate of drug-likeness (QED) is 0.0584. The number of ether oxygens (including phenoxy) is 2. The first-order valence-corrected chi connectivity index (χ1v) is 21.1. The predicted octanol–water partition coefficient (Wildman–Crippen LogP) is 6.99. The van der Waals surface area contributed by atoms with Crippen LogP contribution in [0.4, 0.5) is 17.1 Å². The van der Waals surface area contributed by atoms with Crippen molar-refractivity contribution >= 4 is 44.8 Å². The Balaban J connectivity index is 0.895. The molecular weight excluding hydrogens is 751 g/mol. The van der Waals surface area contributed by atoms with Crippen LogP contribution < -0.4 is 24.4 Å². The first-order valence-electron chi connectivity index (χ1n) is 18.6. The van der Waals surface area contributed by atoms with Crippen LogP contribution in [-0.4, -0.2) is 75.3 Å². The molecule has 3 aliphatic heterocycles. The van der Waals surface area contributed by atoms with Gasteiger partial charge in [0.1, 0.15) is 18.9 Å². The summed E-state index contributed by atoms with van der Waals surface area (Å²) in [5, 5.41) is 14.9. The minimum Gasteiger partial charge on any atom is -0.486 e. The van der Waals surface area contributed by atoms with Crippen LogP contribution in [0.3, 0.4) is 0 Å². The Morgan fingerprint density at radius 2 is 1.70 bits per heavy atom. The number of nitro groups is 1. The number of nitro benzene ring substituents is 1. The molecule has 1 saturated heterocycles. The van der Waals surface area contributed by atoms with Gasteiger partial charge in [0, 0.05) is 66.7 Å². The van der Waals surface area contributed by atoms with E-state index in [4.69, 9.17) is 9.47 Å². The highest BCUT2D eigenvalue weighted by Crippen LogP contribution is 2.37. The van der Waals surface area contributed by atoms with Crippen LogP contribution in [0.15, 0.2) is 119 Å². The molecule has 1 fully saturated rings. The fourth-order valence-corrected chi connectivity index (χ4v) is 9.42. The molecule has 12 nitrogen and oxygen atoms in total. The standard InChI is InChI=1S/C42H41N5O7S2/c48-42(44-56(51,52)35-14-15-37(39(26-35)47(49)50)43-18-23-55-34-7-2-1-3-8-34)31-11-16-38-30(24-31)10-13-33-28-45(19-20-46(33)38)27-32-6-4-5-9-36(32)29-12-17-40-41(25-29)54-22-21-53-40/h1-9,11-12,14-17,24-26,33,43H,10,13,18-23,27-28H2,(H,44,48)/t33-/m0/s1. The van der Waals surface area contributed by atoms with Crippen molar-refractivity contribution < 1.29 is 27.6 Å². The van der Waals surface area contributed by atoms with Gasteiger partial charge in [0.05, 0.1) is 9.82 Å². The molecule has 1 atom stereocenters. The summed E-state index contributed by atoms with van der Waals surface area (Å²) in [4.78, 5) is 30.2. The van der Waals surface area contributed by atoms with Gasteiger partial charge in [0.25, 0.3) is 21.6 Å². The molecule has 3 aliphatic rings. The van der Waals surface area contributed by atoms with Gasteiger partial charge in [-0.25, -0.2) is 13.1 Å². The van der Waals surface area contributed by atoms with Crippen LogP contribution in [0, 0.1) is 10.1 Å². The van der Waals surface area contributed by atoms with E-state index in [0.717, 1.165) is 78.3 Å². The number of rotatable bonds is 12. The number of piperazine rings is 1. The van der Waals surface area contributed by atoms with Crippen molar-refractivity contribution in [2.24, 2.45) is 0 Å². The molecule has 0 unspecified atom stereocenters. The fourth-order valence-electron chi connectivity index (χ4n) is 7.64. The molecule has 288 valence electrons. The lowest BCUT2D eigenvalue weighted by Crippen LogP contribution is -2.54. The van der Waals surface area contributed by atoms with Crippen LogP contribution in [-0.2, 0) is 23.0 Å². The summed E-state index contributed by atoms with van der Waals surface area (Å²) in [6, 6.07) is 33.6. The van der Waals surface area contributed by atoms with Gasteiger partial charge in [0.2, 0.25) is 0 Å². The second-order valence-electron chi connectivity index (χ2n) is 13.9. The molecule has 0 radical (unpaired) electrons. The van der Waals surface area contributed by atoms with Crippen molar-refractivity contribution in [3.05, 3.63) is 136 Å². The SMILES string of the molecule is O=C(NS(=O)(=O)c1ccc(NCCSc2ccccc2)c([N+](=O)[O-])c1)c1ccc2c(c1)CC[C@H]1CN(Cc3ccccc3-c3ccc4c(c3)OCCO4)CCN21. The van der Waals surface area contributed by atoms with Crippen molar-refractivity contribution in [1.29, 1.82) is 0 Å². The highest BCUT2D eigenvalue weighted by atomic mass is 32.2. The van der Waals surface area contributed by atoms with Crippen molar-refractivity contribution in [3.63, 3.8) is 0 Å². The molecule has 14 heteroatoms. The van der Waals surface area contributed by atoms with E-state index in [2.05, 4.69) is 56.2 Å². The van der Waals surface area contributed by atoms with Gasteiger partial charge in [-0.2, -0.15) is 0 Å². The van der Waals surface area contributed by atoms with E-state index in [1.54, 1.807) is 23.9 Å². The molecule has 1 amide bonds. The fraction of sp³-hybridized carbons (Fsp3) is 0.262. The van der Waals surface area contributed by atoms with Crippen LogP contribution in [0.5, 0.6) is 11.5 Å². The number of fused-ring (bicyclic) bond motifs is 4. The monoisotopic (exact) mass is 791 g/mol. The maximum absolute atomic E-state index is 13.3. The Bertz CT molecular complexity index is 2380. The zero-order valence-electron chi connectivity index (χ0n) is 30.6. The number of nitrogens with zero attached hydrogens (tertiary/aromatic N) is 3. The van der Waals surface area contributed by atoms with E-state index < -0.39 is 26.5 Å². The number of sulfonamides is 1. The number of thioether (sulfide) groups is 1. The summed E-state index contributed by atoms with van der Waals surface area (Å²) < 4.78 is 40.3. The lowest BCUT2D eigenvalue weighted by molar-refractivity contribution is -0.384. The van der Waals surface area contributed by atoms with E-state index in [9.17, 15) is 23.3 Å². The van der Waals surface area contributed by atoms with Gasteiger partial charge in [-0.1, -0.05) is 48.5 Å². The molecule has 2 N–H and O–H groups in total. The number of nitrogens with one attached hydrogen (secondary N) is 2. The third kappa shape index (κ3) is 8.18. The van der Waals surface area contributed by atoms with Crippen molar-refractivity contribution in [3.8, 4) is 22.6 Å². The Morgan fingerprint density at radius 3 is 2.54 bits per heavy atom. The number of carbonyl (C=O) groups is 1. The van der Waals surface area contributed by atoms with E-state index in [0.29, 0.717) is 31.6 Å². The zero-order chi connectivity index (χ0) is 38.6. The summed E-state index contributed by atoms with van der Waals surface area (Å²) >= 11 is 1.60. The van der Waals surface area contributed by atoms with Gasteiger partial charge in [-0.3, -0.25) is 19.8 Å². The Kier molecular flexibility index (Phi) is 10.9. The van der Waals surface area contributed by atoms with E-state index in [1.165, 1.54) is 23.3 Å². The van der Waals surface area contributed by atoms with E-state index >= 15 is 0 Å². The van der Waals surface area contributed by atoms with Crippen molar-refractivity contribution in [2.45, 2.75) is 35.2 Å². The number of benzene rings is 5. The highest BCUT2D eigenvalue weighted by molar-refractivity contribution is 7.99. The zero-order valence-corrected chi connectivity index (χ0v) is 32.2. The van der Waals surface area contributed by atoms with Crippen LogP contribution >= 0.6 is 11.8 Å². The molecule has 0 aliphatic carbocycles. The van der Waals surface area contributed by atoms with Crippen molar-refractivity contribution in [1.82, 2.24) is 9.62 Å². The average Bonchev–Trinajstić information content (AvgIpc) is 3.22. The predicted molar refractivity (Wildman–Crippen MR) is 217 cm³/mol. The highest BCUT2D eigenvalue weighted by Gasteiger charge is 2.33. The third-order valence-corrected chi connectivity index (χ3v) is 12.7. The second kappa shape index (κ2) is 16.3. The Morgan fingerprint density at radius 1 is 0.893 bits per heavy atom. The van der Waals surface area contributed by atoms with E-state index in [1.807, 2.05) is 42.5 Å². The van der Waals surface area contributed by atoms with Gasteiger partial charge >= 0.3 is 0 Å². The normalized spacial score (nSPS) is 16.4. The number of aryl methyl sites for hydroxylation is 1. The summed E-state index contributed by atoms with van der Waals surface area (Å²) in [7, 11) is -4.40. The Labute approximate surface area is 330 Å². The molecule has 5 aromatic carbocycles. The molecule has 5 aromatic rings. The smallest absolute Gasteiger partial charge is 0.293 e. The number of amides is 1. The van der Waals surface area contributed by atoms with Gasteiger partial charge in [0.15, 0.2) is 11.5 Å². The summed E-state index contributed by atoms with van der Waals surface area (Å²) in [6.07, 6.45) is 1.64. The molecule has 3 heterocycles. The first kappa shape index (κ1) is 37.4. The van der Waals surface area contributed by atoms with Gasteiger partial charge < -0.3 is 19.7 Å². The van der Waals surface area contributed by atoms with Crippen LogP contribution in [0.2, 0.25) is 0 Å². The lowest BCUT2D eigenvalue weighted by Gasteiger charge is -2.46. The number of hydrogen-bond acceptors (Lipinski definition) is 11. The van der Waals surface area contributed by atoms with Crippen LogP contribution in [0.25, 0.3) is 11.1 Å². The second-order valence-corrected chi connectivity index (χ2v) is 16.8. The topological polar surface area (TPSA) is 143 Å². The summed E-state index contributed by atoms with van der Waals surface area (Å²) in [6.45, 7) is 4.91. The number of hydrogen-bond donors (Lipinski definition) is 2. The van der Waals surface area contributed by atoms with Crippen LogP contribution in [0.1, 0.15) is 27.9 Å². The largest absolute Gasteiger partial charge is 0.486 e. The molecule has 8 rings (SSSR count). The minimum absolute atomic E-state index is 0.198. The Hall–Kier alpha value is -5.57. The molecule has 0 spiro atoms. The molecule has 0 saturated carbocycles. The molecule has 0 bridgehead atoms. The van der Waals surface area contributed by atoms with Gasteiger partial charge in [-0.05, 0) is 89.7 Å². The number of anilines is 2. The molecule has 56 heavy (non-hydrogen) atoms. The summed E-state index contributed by atoms with van der Waals surface area (Å²) in [5.74, 6) is 1.40. The third-order valence-electron chi connectivity index (χ3n) is 10.4. The maximum atomic E-state index is 13.3. The molecule has 0 aromatic heterocycles. The summed E-state index contributed by atoms with van der Waals surface area (Å²) in [5.41, 5.74) is 5.57. The molecular formula is C42H41N5O7S2. The number of carbonyl (C=O) groups excluding carboxylic acids is 1. The first-order chi connectivity index (χ1) is 27.2. The van der Waals surface area contributed by atoms with Crippen molar-refractivity contribution in [2.75, 3.05) is 55.4 Å². The van der Waals surface area contributed by atoms with E-state index in [-0.39, 0.29) is 16.1 Å². The minimum atomic E-state index is -4.40. The average molecular weight is 792 g/mol. The van der Waals surface area contributed by atoms with Gasteiger partial charge in [-0.15, -0.1) is 11.8 Å². The maximum Gasteiger partial charge on any atom is 0.293 e. The lowest BCUT2D eigenvalue weighted by atomic mass is 9.92.